The molecular formula is C26H25N7O. The van der Waals surface area contributed by atoms with Crippen LogP contribution < -0.4 is 11.1 Å². The maximum absolute atomic E-state index is 12.9. The topological polar surface area (TPSA) is 112 Å². The van der Waals surface area contributed by atoms with Crippen LogP contribution in [0.1, 0.15) is 29.9 Å². The van der Waals surface area contributed by atoms with Crippen LogP contribution >= 0.6 is 0 Å². The van der Waals surface area contributed by atoms with Crippen molar-refractivity contribution < 1.29 is 4.79 Å². The summed E-state index contributed by atoms with van der Waals surface area (Å²) in [5.74, 6) is 0.121. The van der Waals surface area contributed by atoms with Gasteiger partial charge in [0.05, 0.1) is 16.4 Å². The Morgan fingerprint density at radius 3 is 2.59 bits per heavy atom. The highest BCUT2D eigenvalue weighted by atomic mass is 16.1. The lowest BCUT2D eigenvalue weighted by molar-refractivity contribution is 0.0931. The van der Waals surface area contributed by atoms with Gasteiger partial charge in [0, 0.05) is 17.5 Å². The molecule has 0 aliphatic carbocycles. The lowest BCUT2D eigenvalue weighted by atomic mass is 10.1. The van der Waals surface area contributed by atoms with Crippen molar-refractivity contribution in [1.82, 2.24) is 30.0 Å². The molecule has 0 radical (unpaired) electrons. The van der Waals surface area contributed by atoms with E-state index in [1.807, 2.05) is 80.1 Å². The first-order valence-corrected chi connectivity index (χ1v) is 11.0. The summed E-state index contributed by atoms with van der Waals surface area (Å²) in [6.45, 7) is 6.33. The molecule has 0 aliphatic heterocycles. The maximum Gasteiger partial charge on any atom is 0.269 e. The molecule has 0 bridgehead atoms. The minimum Gasteiger partial charge on any atom is -0.383 e. The molecule has 5 aromatic rings. The molecule has 2 aromatic carbocycles. The molecule has 0 saturated carbocycles. The number of anilines is 1. The van der Waals surface area contributed by atoms with Gasteiger partial charge in [-0.1, -0.05) is 54.1 Å². The third kappa shape index (κ3) is 3.83. The minimum absolute atomic E-state index is 0.247. The number of nitrogens with one attached hydrogen (secondary N) is 1. The van der Waals surface area contributed by atoms with Crippen LogP contribution in [-0.4, -0.2) is 37.2 Å². The SMILES string of the molecule is Cc1ccc(-c2nn(C(C)(C)CNC(=O)c3ccc4ccccc4n3)c3ncnc(N)c23)cc1. The molecule has 3 aromatic heterocycles. The first-order valence-electron chi connectivity index (χ1n) is 11.0. The van der Waals surface area contributed by atoms with Crippen molar-refractivity contribution >= 4 is 33.7 Å². The van der Waals surface area contributed by atoms with E-state index < -0.39 is 5.54 Å². The third-order valence-corrected chi connectivity index (χ3v) is 5.91. The second kappa shape index (κ2) is 8.22. The number of aryl methyl sites for hydroxylation is 1. The van der Waals surface area contributed by atoms with Crippen LogP contribution in [-0.2, 0) is 5.54 Å². The summed E-state index contributed by atoms with van der Waals surface area (Å²) in [7, 11) is 0. The standard InChI is InChI=1S/C26H25N7O/c1-16-8-10-18(11-9-16)22-21-23(27)29-15-30-24(21)33(32-22)26(2,3)14-28-25(34)20-13-12-17-6-4-5-7-19(17)31-20/h4-13,15H,14H2,1-3H3,(H,28,34)(H2,27,29,30). The fourth-order valence-electron chi connectivity index (χ4n) is 3.96. The third-order valence-electron chi connectivity index (χ3n) is 5.91. The average molecular weight is 452 g/mol. The number of para-hydroxylation sites is 1. The molecule has 34 heavy (non-hydrogen) atoms. The molecule has 5 rings (SSSR count). The Kier molecular flexibility index (Phi) is 5.20. The van der Waals surface area contributed by atoms with Crippen molar-refractivity contribution in [3.63, 3.8) is 0 Å². The lowest BCUT2D eigenvalue weighted by Crippen LogP contribution is -2.41. The number of carbonyl (C=O) groups excluding carboxylic acids is 1. The van der Waals surface area contributed by atoms with E-state index in [0.29, 0.717) is 34.8 Å². The van der Waals surface area contributed by atoms with Crippen molar-refractivity contribution in [3.05, 3.63) is 78.2 Å². The molecule has 8 nitrogen and oxygen atoms in total. The Bertz CT molecular complexity index is 1520. The van der Waals surface area contributed by atoms with Crippen molar-refractivity contribution in [2.75, 3.05) is 12.3 Å². The monoisotopic (exact) mass is 451 g/mol. The van der Waals surface area contributed by atoms with Crippen LogP contribution in [0.4, 0.5) is 5.82 Å². The first-order chi connectivity index (χ1) is 16.3. The second-order valence-corrected chi connectivity index (χ2v) is 8.97. The van der Waals surface area contributed by atoms with Gasteiger partial charge in [-0.2, -0.15) is 5.10 Å². The zero-order valence-electron chi connectivity index (χ0n) is 19.3. The number of amides is 1. The zero-order chi connectivity index (χ0) is 23.9. The lowest BCUT2D eigenvalue weighted by Gasteiger charge is -2.26. The van der Waals surface area contributed by atoms with E-state index in [9.17, 15) is 4.79 Å². The maximum atomic E-state index is 12.9. The molecule has 0 atom stereocenters. The van der Waals surface area contributed by atoms with Gasteiger partial charge < -0.3 is 11.1 Å². The molecule has 0 aliphatic rings. The highest BCUT2D eigenvalue weighted by Crippen LogP contribution is 2.33. The van der Waals surface area contributed by atoms with E-state index in [1.54, 1.807) is 6.07 Å². The van der Waals surface area contributed by atoms with Gasteiger partial charge in [-0.25, -0.2) is 19.6 Å². The van der Waals surface area contributed by atoms with Crippen molar-refractivity contribution in [3.8, 4) is 11.3 Å². The van der Waals surface area contributed by atoms with Gasteiger partial charge in [0.15, 0.2) is 5.65 Å². The number of rotatable bonds is 5. The first kappa shape index (κ1) is 21.5. The van der Waals surface area contributed by atoms with Gasteiger partial charge in [0.1, 0.15) is 23.5 Å². The Hall–Kier alpha value is -4.33. The molecule has 8 heteroatoms. The van der Waals surface area contributed by atoms with Gasteiger partial charge in [0.2, 0.25) is 0 Å². The molecule has 0 spiro atoms. The van der Waals surface area contributed by atoms with Crippen molar-refractivity contribution in [2.45, 2.75) is 26.3 Å². The normalized spacial score (nSPS) is 11.7. The number of carbonyl (C=O) groups is 1. The Morgan fingerprint density at radius 1 is 1.03 bits per heavy atom. The van der Waals surface area contributed by atoms with Gasteiger partial charge in [-0.3, -0.25) is 4.79 Å². The number of nitrogen functional groups attached to an aromatic ring is 1. The van der Waals surface area contributed by atoms with E-state index in [1.165, 1.54) is 6.33 Å². The fourth-order valence-corrected chi connectivity index (χ4v) is 3.96. The number of aromatic nitrogens is 5. The molecule has 0 saturated heterocycles. The smallest absolute Gasteiger partial charge is 0.269 e. The highest BCUT2D eigenvalue weighted by Gasteiger charge is 2.28. The summed E-state index contributed by atoms with van der Waals surface area (Å²) >= 11 is 0. The van der Waals surface area contributed by atoms with Crippen LogP contribution in [0.5, 0.6) is 0 Å². The molecular weight excluding hydrogens is 426 g/mol. The number of benzene rings is 2. The molecule has 3 N–H and O–H groups in total. The van der Waals surface area contributed by atoms with Crippen LogP contribution in [0.3, 0.4) is 0 Å². The molecule has 0 fully saturated rings. The number of hydrogen-bond donors (Lipinski definition) is 2. The number of pyridine rings is 1. The summed E-state index contributed by atoms with van der Waals surface area (Å²) in [4.78, 5) is 26.0. The van der Waals surface area contributed by atoms with E-state index in [2.05, 4.69) is 20.3 Å². The van der Waals surface area contributed by atoms with Gasteiger partial charge in [-0.15, -0.1) is 0 Å². The summed E-state index contributed by atoms with van der Waals surface area (Å²) in [5.41, 5.74) is 10.2. The molecule has 170 valence electrons. The molecule has 3 heterocycles. The number of hydrogen-bond acceptors (Lipinski definition) is 6. The largest absolute Gasteiger partial charge is 0.383 e. The number of nitrogens with zero attached hydrogens (tertiary/aromatic N) is 5. The Balaban J connectivity index is 1.47. The zero-order valence-corrected chi connectivity index (χ0v) is 19.3. The second-order valence-electron chi connectivity index (χ2n) is 8.97. The average Bonchev–Trinajstić information content (AvgIpc) is 3.25. The quantitative estimate of drug-likeness (QED) is 0.416. The van der Waals surface area contributed by atoms with E-state index >= 15 is 0 Å². The number of nitrogens with two attached hydrogens (primary N) is 1. The summed E-state index contributed by atoms with van der Waals surface area (Å²) in [5, 5.41) is 9.57. The predicted molar refractivity (Wildman–Crippen MR) is 133 cm³/mol. The van der Waals surface area contributed by atoms with Crippen LogP contribution in [0.25, 0.3) is 33.2 Å². The van der Waals surface area contributed by atoms with Crippen LogP contribution in [0.2, 0.25) is 0 Å². The van der Waals surface area contributed by atoms with Gasteiger partial charge in [-0.05, 0) is 32.9 Å². The van der Waals surface area contributed by atoms with Gasteiger partial charge in [0.25, 0.3) is 5.91 Å². The van der Waals surface area contributed by atoms with E-state index in [0.717, 1.165) is 22.0 Å². The summed E-state index contributed by atoms with van der Waals surface area (Å²) in [6.07, 6.45) is 1.43. The van der Waals surface area contributed by atoms with E-state index in [4.69, 9.17) is 10.8 Å². The predicted octanol–water partition coefficient (Wildman–Crippen LogP) is 4.10. The highest BCUT2D eigenvalue weighted by molar-refractivity contribution is 5.98. The molecule has 0 unspecified atom stereocenters. The van der Waals surface area contributed by atoms with Crippen molar-refractivity contribution in [1.29, 1.82) is 0 Å². The summed E-state index contributed by atoms with van der Waals surface area (Å²) in [6, 6.07) is 19.4. The van der Waals surface area contributed by atoms with E-state index in [-0.39, 0.29) is 5.91 Å². The van der Waals surface area contributed by atoms with Crippen LogP contribution in [0, 0.1) is 6.92 Å². The Labute approximate surface area is 196 Å². The Morgan fingerprint density at radius 2 is 1.79 bits per heavy atom. The van der Waals surface area contributed by atoms with Crippen molar-refractivity contribution in [2.24, 2.45) is 0 Å². The van der Waals surface area contributed by atoms with Gasteiger partial charge >= 0.3 is 0 Å². The van der Waals surface area contributed by atoms with Crippen LogP contribution in [0.15, 0.2) is 67.0 Å². The summed E-state index contributed by atoms with van der Waals surface area (Å²) < 4.78 is 1.81. The number of fused-ring (bicyclic) bond motifs is 2. The fraction of sp³-hybridized carbons (Fsp3) is 0.192. The molecule has 1 amide bonds. The minimum atomic E-state index is -0.603.